The van der Waals surface area contributed by atoms with E-state index in [0.717, 1.165) is 25.7 Å². The van der Waals surface area contributed by atoms with Crippen LogP contribution in [-0.4, -0.2) is 46.2 Å². The van der Waals surface area contributed by atoms with E-state index in [2.05, 4.69) is 56.1 Å². The second-order valence-electron chi connectivity index (χ2n) is 13.1. The summed E-state index contributed by atoms with van der Waals surface area (Å²) in [6, 6.07) is 16.7. The topological polar surface area (TPSA) is 144 Å². The minimum Gasteiger partial charge on any atom is -1.00 e. The van der Waals surface area contributed by atoms with Crippen LogP contribution in [0.25, 0.3) is 0 Å². The molecule has 0 aliphatic carbocycles. The molecule has 0 aromatic heterocycles. The quantitative estimate of drug-likeness (QED) is 0.0362. The summed E-state index contributed by atoms with van der Waals surface area (Å²) >= 11 is 0. The smallest absolute Gasteiger partial charge is 1.00 e. The molecule has 9 nitrogen and oxygen atoms in total. The van der Waals surface area contributed by atoms with Crippen molar-refractivity contribution in [1.82, 2.24) is 0 Å². The Labute approximate surface area is 378 Å². The number of carboxylic acid groups (broad SMARTS) is 1. The number of carbonyl (C=O) groups is 1. The Morgan fingerprint density at radius 2 is 0.796 bits per heavy atom. The third-order valence-electron chi connectivity index (χ3n) is 8.42. The SMILES string of the molecule is CCCCCCCCCCCCCOS(=O)(=O)O.CCCCCCCCCCCCCOS(=O)(=O)c1ccccc1.Cc1ccccc1C.O=CO.[H-].[H-].[Na+].[Na+]. The van der Waals surface area contributed by atoms with Crippen molar-refractivity contribution in [2.75, 3.05) is 13.2 Å². The Morgan fingerprint density at radius 1 is 0.519 bits per heavy atom. The van der Waals surface area contributed by atoms with E-state index in [0.29, 0.717) is 6.42 Å². The van der Waals surface area contributed by atoms with Crippen LogP contribution >= 0.6 is 0 Å². The minimum absolute atomic E-state index is 0. The zero-order chi connectivity index (χ0) is 39.2. The molecule has 0 unspecified atom stereocenters. The molecule has 13 heteroatoms. The zero-order valence-electron chi connectivity index (χ0n) is 36.8. The van der Waals surface area contributed by atoms with Gasteiger partial charge in [0.15, 0.2) is 0 Å². The molecule has 0 heterocycles. The Hall–Kier alpha value is -0.310. The average molecular weight is 821 g/mol. The van der Waals surface area contributed by atoms with Gasteiger partial charge in [0.05, 0.1) is 18.1 Å². The second kappa shape index (κ2) is 43.8. The van der Waals surface area contributed by atoms with Gasteiger partial charge in [0.2, 0.25) is 0 Å². The van der Waals surface area contributed by atoms with Crippen molar-refractivity contribution in [1.29, 1.82) is 0 Å². The van der Waals surface area contributed by atoms with Crippen LogP contribution in [0.5, 0.6) is 0 Å². The summed E-state index contributed by atoms with van der Waals surface area (Å²) in [5.74, 6) is 0. The van der Waals surface area contributed by atoms with Crippen molar-refractivity contribution in [3.05, 3.63) is 65.7 Å². The number of hydrogen-bond acceptors (Lipinski definition) is 7. The summed E-state index contributed by atoms with van der Waals surface area (Å²) < 4.78 is 61.9. The molecule has 2 N–H and O–H groups in total. The molecule has 0 atom stereocenters. The summed E-state index contributed by atoms with van der Waals surface area (Å²) in [5, 5.41) is 6.89. The van der Waals surface area contributed by atoms with E-state index in [9.17, 15) is 16.8 Å². The van der Waals surface area contributed by atoms with E-state index >= 15 is 0 Å². The maximum Gasteiger partial charge on any atom is 1.00 e. The van der Waals surface area contributed by atoms with Gasteiger partial charge in [0.1, 0.15) is 0 Å². The van der Waals surface area contributed by atoms with Crippen molar-refractivity contribution >= 4 is 27.0 Å². The van der Waals surface area contributed by atoms with Crippen molar-refractivity contribution < 1.29 is 102 Å². The van der Waals surface area contributed by atoms with Gasteiger partial charge in [-0.15, -0.1) is 0 Å². The first-order chi connectivity index (χ1) is 24.9. The van der Waals surface area contributed by atoms with Crippen molar-refractivity contribution in [2.24, 2.45) is 0 Å². The molecule has 2 rings (SSSR count). The molecule has 0 spiro atoms. The molecule has 0 saturated heterocycles. The first-order valence-electron chi connectivity index (χ1n) is 19.6. The predicted molar refractivity (Wildman–Crippen MR) is 217 cm³/mol. The van der Waals surface area contributed by atoms with E-state index < -0.39 is 20.5 Å². The third kappa shape index (κ3) is 44.4. The summed E-state index contributed by atoms with van der Waals surface area (Å²) in [6.45, 7) is 8.84. The first-order valence-corrected chi connectivity index (χ1v) is 22.4. The fraction of sp³-hybridized carbons (Fsp3) is 0.683. The molecule has 306 valence electrons. The van der Waals surface area contributed by atoms with E-state index in [1.165, 1.54) is 120 Å². The van der Waals surface area contributed by atoms with Crippen LogP contribution in [0.1, 0.15) is 169 Å². The molecule has 2 aromatic carbocycles. The Kier molecular flexibility index (Phi) is 49.0. The molecule has 0 radical (unpaired) electrons. The summed E-state index contributed by atoms with van der Waals surface area (Å²) in [6.07, 6.45) is 27.0. The normalized spacial score (nSPS) is 10.5. The van der Waals surface area contributed by atoms with Crippen LogP contribution in [0.3, 0.4) is 0 Å². The van der Waals surface area contributed by atoms with Gasteiger partial charge in [0, 0.05) is 0 Å². The standard InChI is InChI=1S/C19H32O3S.C13H28O4S.C8H10.CH2O2.2Na.2H/c1-2-3-4-5-6-7-8-9-10-11-15-18-22-23(20,21)19-16-13-12-14-17-19;1-2-3-4-5-6-7-8-9-10-11-12-13-17-18(14,15)16;1-7-5-3-4-6-8(7)2;2-1-3;;;;/h12-14,16-17H,2-11,15,18H2,1H3;2-13H2,1H3,(H,14,15,16);3-6H,1-2H3;1H,(H,2,3);;;;/q;;;;2*+1;2*-1. The predicted octanol–water partition coefficient (Wildman–Crippen LogP) is 6.06. The molecule has 54 heavy (non-hydrogen) atoms. The van der Waals surface area contributed by atoms with E-state index in [-0.39, 0.29) is 86.5 Å². The van der Waals surface area contributed by atoms with Crippen LogP contribution in [0.2, 0.25) is 0 Å². The van der Waals surface area contributed by atoms with Crippen molar-refractivity contribution in [2.45, 2.75) is 174 Å². The van der Waals surface area contributed by atoms with Gasteiger partial charge >= 0.3 is 69.5 Å². The van der Waals surface area contributed by atoms with Gasteiger partial charge in [-0.3, -0.25) is 13.5 Å². The van der Waals surface area contributed by atoms with Crippen molar-refractivity contribution in [3.8, 4) is 0 Å². The van der Waals surface area contributed by atoms with Gasteiger partial charge in [-0.05, 0) is 49.9 Å². The Morgan fingerprint density at radius 3 is 1.09 bits per heavy atom. The number of benzene rings is 2. The minimum atomic E-state index is -4.24. The molecule has 0 saturated carbocycles. The van der Waals surface area contributed by atoms with Gasteiger partial charge in [0.25, 0.3) is 16.6 Å². The molecule has 0 bridgehead atoms. The van der Waals surface area contributed by atoms with Crippen LogP contribution in [0.4, 0.5) is 0 Å². The monoisotopic (exact) mass is 820 g/mol. The zero-order valence-corrected chi connectivity index (χ0v) is 40.4. The number of unbranched alkanes of at least 4 members (excludes halogenated alkanes) is 20. The van der Waals surface area contributed by atoms with E-state index in [1.807, 2.05) is 0 Å². The van der Waals surface area contributed by atoms with Gasteiger partial charge in [-0.1, -0.05) is 185 Å². The number of hydrogen-bond donors (Lipinski definition) is 2. The summed E-state index contributed by atoms with van der Waals surface area (Å²) in [4.78, 5) is 8.60. The van der Waals surface area contributed by atoms with Crippen LogP contribution in [0.15, 0.2) is 59.5 Å². The summed E-state index contributed by atoms with van der Waals surface area (Å²) in [7, 11) is -7.81. The van der Waals surface area contributed by atoms with Gasteiger partial charge in [-0.2, -0.15) is 16.8 Å². The second-order valence-corrected chi connectivity index (χ2v) is 15.8. The molecule has 0 aliphatic heterocycles. The molecule has 0 amide bonds. The summed E-state index contributed by atoms with van der Waals surface area (Å²) in [5.41, 5.74) is 2.74. The average Bonchev–Trinajstić information content (AvgIpc) is 3.11. The van der Waals surface area contributed by atoms with Crippen molar-refractivity contribution in [3.63, 3.8) is 0 Å². The molecule has 2 aromatic rings. The van der Waals surface area contributed by atoms with E-state index in [4.69, 9.17) is 18.6 Å². The fourth-order valence-corrected chi connectivity index (χ4v) is 6.48. The number of rotatable bonds is 27. The molecular formula is C41H74Na2O9S2. The van der Waals surface area contributed by atoms with Gasteiger partial charge in [-0.25, -0.2) is 4.18 Å². The van der Waals surface area contributed by atoms with Crippen LogP contribution < -0.4 is 59.1 Å². The van der Waals surface area contributed by atoms with Crippen LogP contribution in [0, 0.1) is 13.8 Å². The molecule has 0 aliphatic rings. The molecule has 0 fully saturated rings. The van der Waals surface area contributed by atoms with Crippen LogP contribution in [-0.2, 0) is 33.7 Å². The largest absolute Gasteiger partial charge is 1.00 e. The molecular weight excluding hydrogens is 747 g/mol. The fourth-order valence-electron chi connectivity index (χ4n) is 5.18. The maximum absolute atomic E-state index is 11.9. The maximum atomic E-state index is 11.9. The number of aryl methyl sites for hydroxylation is 2. The Balaban J connectivity index is -0.000000169. The Bertz CT molecular complexity index is 1270. The van der Waals surface area contributed by atoms with Gasteiger partial charge < -0.3 is 7.96 Å². The third-order valence-corrected chi connectivity index (χ3v) is 10.2. The van der Waals surface area contributed by atoms with E-state index in [1.54, 1.807) is 30.3 Å². The first kappa shape index (κ1) is 60.4.